The number of ether oxygens (including phenoxy) is 3. The number of rotatable bonds is 16. The second kappa shape index (κ2) is 15.8. The molecule has 4 unspecified atom stereocenters. The van der Waals surface area contributed by atoms with Gasteiger partial charge in [-0.2, -0.15) is 16.8 Å². The molecule has 0 radical (unpaired) electrons. The molecule has 0 heterocycles. The van der Waals surface area contributed by atoms with Crippen molar-refractivity contribution in [2.45, 2.75) is 61.9 Å². The minimum absolute atomic E-state index is 0.0741. The van der Waals surface area contributed by atoms with Gasteiger partial charge in [-0.05, 0) is 52.0 Å². The monoisotopic (exact) mass is 716 g/mol. The summed E-state index contributed by atoms with van der Waals surface area (Å²) >= 11 is 0. The van der Waals surface area contributed by atoms with Gasteiger partial charge in [0.25, 0.3) is 20.2 Å². The zero-order valence-corrected chi connectivity index (χ0v) is 28.7. The third kappa shape index (κ3) is 8.97. The number of hydrogen-bond acceptors (Lipinski definition) is 13. The molecule has 0 spiro atoms. The summed E-state index contributed by atoms with van der Waals surface area (Å²) in [6.07, 6.45) is -2.35. The van der Waals surface area contributed by atoms with Gasteiger partial charge in [0, 0.05) is 33.7 Å². The van der Waals surface area contributed by atoms with Crippen LogP contribution in [0.25, 0.3) is 31.5 Å². The predicted molar refractivity (Wildman–Crippen MR) is 178 cm³/mol. The second-order valence-electron chi connectivity index (χ2n) is 11.3. The molecular weight excluding hydrogens is 681 g/mol. The van der Waals surface area contributed by atoms with Crippen LogP contribution >= 0.6 is 0 Å². The lowest BCUT2D eigenvalue weighted by atomic mass is 10.1. The molecule has 0 amide bonds. The highest BCUT2D eigenvalue weighted by atomic mass is 32.2. The van der Waals surface area contributed by atoms with Gasteiger partial charge in [0.05, 0.1) is 50.8 Å². The van der Waals surface area contributed by atoms with Crippen molar-refractivity contribution in [1.29, 1.82) is 10.8 Å². The van der Waals surface area contributed by atoms with Gasteiger partial charge < -0.3 is 24.4 Å². The molecule has 4 aromatic rings. The van der Waals surface area contributed by atoms with Gasteiger partial charge in [-0.25, -0.2) is 0 Å². The average molecular weight is 717 g/mol. The molecule has 260 valence electrons. The van der Waals surface area contributed by atoms with Gasteiger partial charge >= 0.3 is 11.4 Å². The highest BCUT2D eigenvalue weighted by Crippen LogP contribution is 2.38. The maximum absolute atomic E-state index is 13.0. The summed E-state index contributed by atoms with van der Waals surface area (Å²) in [7, 11) is -8.49. The molecule has 4 rings (SSSR count). The number of hydrogen-bond donors (Lipinski definition) is 2. The molecule has 0 aliphatic heterocycles. The van der Waals surface area contributed by atoms with Crippen molar-refractivity contribution in [3.63, 3.8) is 0 Å². The SMILES string of the molecule is CC(COC(C)COS(=O)(=O)c1cccc2c(O)c([N+]#N)ccc12)OCC(C)OCC(C)OS(=O)(=O)c1cccc2c(O)c([N+]#N)ccc12. The molecule has 15 nitrogen and oxygen atoms in total. The third-order valence-corrected chi connectivity index (χ3v) is 10.1. The first kappa shape index (κ1) is 37.4. The Hall–Kier alpha value is -4.46. The Morgan fingerprint density at radius 1 is 0.571 bits per heavy atom. The van der Waals surface area contributed by atoms with Crippen molar-refractivity contribution in [3.05, 3.63) is 70.6 Å². The van der Waals surface area contributed by atoms with Gasteiger partial charge in [-0.15, -0.1) is 0 Å². The highest BCUT2D eigenvalue weighted by Gasteiger charge is 2.26. The number of diazo groups is 2. The Bertz CT molecular complexity index is 2130. The molecule has 4 aromatic carbocycles. The molecular formula is C32H36N4O11S2+2. The maximum Gasteiger partial charge on any atom is 0.426 e. The molecule has 0 aliphatic carbocycles. The Morgan fingerprint density at radius 2 is 0.980 bits per heavy atom. The van der Waals surface area contributed by atoms with E-state index in [2.05, 4.69) is 9.95 Å². The fourth-order valence-electron chi connectivity index (χ4n) is 4.79. The van der Waals surface area contributed by atoms with E-state index < -0.39 is 44.7 Å². The van der Waals surface area contributed by atoms with Crippen LogP contribution in [0.2, 0.25) is 0 Å². The molecule has 2 N–H and O–H groups in total. The predicted octanol–water partition coefficient (Wildman–Crippen LogP) is 6.09. The Balaban J connectivity index is 1.21. The lowest BCUT2D eigenvalue weighted by molar-refractivity contribution is -0.0793. The normalized spacial score (nSPS) is 14.6. The summed E-state index contributed by atoms with van der Waals surface area (Å²) in [6, 6.07) is 13.9. The van der Waals surface area contributed by atoms with Crippen molar-refractivity contribution >= 4 is 53.2 Å². The lowest BCUT2D eigenvalue weighted by Crippen LogP contribution is -2.29. The second-order valence-corrected chi connectivity index (χ2v) is 14.4. The molecule has 49 heavy (non-hydrogen) atoms. The molecule has 0 saturated carbocycles. The first-order chi connectivity index (χ1) is 23.2. The highest BCUT2D eigenvalue weighted by molar-refractivity contribution is 7.87. The molecule has 0 saturated heterocycles. The topological polar surface area (TPSA) is 211 Å². The van der Waals surface area contributed by atoms with Crippen molar-refractivity contribution in [1.82, 2.24) is 0 Å². The standard InChI is InChI=1S/C32H34N4O11S2/c1-19(16-44-21(3)18-46-48(39,40)29-9-5-7-25-23(29)11-13-27(35-33)31(25)37)43-15-20(2)45-17-22(4)47-49(41,42)30-10-6-8-26-24(30)12-14-28(36-34)32(26)38/h5-14,19-22H,15-18H2,1-4H3/p+2. The quantitative estimate of drug-likeness (QED) is 0.0994. The van der Waals surface area contributed by atoms with Crippen LogP contribution in [-0.2, 0) is 42.8 Å². The van der Waals surface area contributed by atoms with E-state index in [0.29, 0.717) is 0 Å². The van der Waals surface area contributed by atoms with E-state index >= 15 is 0 Å². The fourth-order valence-corrected chi connectivity index (χ4v) is 7.26. The van der Waals surface area contributed by atoms with Gasteiger partial charge in [-0.3, -0.25) is 8.37 Å². The van der Waals surface area contributed by atoms with E-state index in [1.807, 2.05) is 0 Å². The number of fused-ring (bicyclic) bond motifs is 2. The Labute approximate surface area is 283 Å². The largest absolute Gasteiger partial charge is 0.501 e. The molecule has 4 atom stereocenters. The van der Waals surface area contributed by atoms with Gasteiger partial charge in [0.2, 0.25) is 22.3 Å². The molecule has 0 bridgehead atoms. The zero-order chi connectivity index (χ0) is 35.9. The molecule has 0 aromatic heterocycles. The van der Waals surface area contributed by atoms with E-state index in [1.54, 1.807) is 20.8 Å². The summed E-state index contributed by atoms with van der Waals surface area (Å²) in [6.45, 7) is 6.55. The van der Waals surface area contributed by atoms with Crippen molar-refractivity contribution in [2.24, 2.45) is 0 Å². The van der Waals surface area contributed by atoms with Crippen LogP contribution in [-0.4, -0.2) is 77.9 Å². The number of nitrogens with zero attached hydrogens (tertiary/aromatic N) is 4. The van der Waals surface area contributed by atoms with Crippen molar-refractivity contribution in [2.75, 3.05) is 26.4 Å². The van der Waals surface area contributed by atoms with Crippen molar-refractivity contribution in [3.8, 4) is 11.5 Å². The third-order valence-electron chi connectivity index (χ3n) is 7.29. The molecule has 0 fully saturated rings. The van der Waals surface area contributed by atoms with Crippen LogP contribution in [0.4, 0.5) is 11.4 Å². The number of phenols is 2. The summed E-state index contributed by atoms with van der Waals surface area (Å²) in [5.41, 5.74) is -0.206. The van der Waals surface area contributed by atoms with Crippen LogP contribution in [0.1, 0.15) is 27.7 Å². The first-order valence-corrected chi connectivity index (χ1v) is 17.9. The maximum atomic E-state index is 13.0. The van der Waals surface area contributed by atoms with Crippen LogP contribution < -0.4 is 0 Å². The van der Waals surface area contributed by atoms with E-state index in [4.69, 9.17) is 33.4 Å². The van der Waals surface area contributed by atoms with Gasteiger partial charge in [-0.1, -0.05) is 24.3 Å². The van der Waals surface area contributed by atoms with E-state index in [9.17, 15) is 27.0 Å². The lowest BCUT2D eigenvalue weighted by Gasteiger charge is -2.21. The molecule has 0 aliphatic rings. The molecule has 17 heteroatoms. The Kier molecular flexibility index (Phi) is 12.1. The average Bonchev–Trinajstić information content (AvgIpc) is 3.07. The zero-order valence-electron chi connectivity index (χ0n) is 27.1. The minimum atomic E-state index is -4.26. The fraction of sp³-hybridized carbons (Fsp3) is 0.375. The number of aromatic hydroxyl groups is 2. The van der Waals surface area contributed by atoms with Crippen LogP contribution in [0, 0.1) is 10.8 Å². The number of benzene rings is 4. The van der Waals surface area contributed by atoms with Crippen LogP contribution in [0.15, 0.2) is 70.5 Å². The summed E-state index contributed by atoms with van der Waals surface area (Å²) < 4.78 is 79.7. The van der Waals surface area contributed by atoms with E-state index in [1.165, 1.54) is 67.6 Å². The number of phenolic OH excluding ortho intramolecular Hbond substituents is 2. The summed E-state index contributed by atoms with van der Waals surface area (Å²) in [5, 5.41) is 39.3. The van der Waals surface area contributed by atoms with Crippen LogP contribution in [0.5, 0.6) is 11.5 Å². The summed E-state index contributed by atoms with van der Waals surface area (Å²) in [5.74, 6) is -0.734. The van der Waals surface area contributed by atoms with E-state index in [-0.39, 0.29) is 80.6 Å². The van der Waals surface area contributed by atoms with E-state index in [0.717, 1.165) is 0 Å². The first-order valence-electron chi connectivity index (χ1n) is 15.1. The van der Waals surface area contributed by atoms with Crippen molar-refractivity contribution < 1.29 is 49.6 Å². The summed E-state index contributed by atoms with van der Waals surface area (Å²) in [4.78, 5) is 5.63. The Morgan fingerprint density at radius 3 is 1.43 bits per heavy atom. The smallest absolute Gasteiger partial charge is 0.426 e. The minimum Gasteiger partial charge on any atom is -0.501 e. The van der Waals surface area contributed by atoms with Gasteiger partial charge in [0.15, 0.2) is 9.95 Å². The van der Waals surface area contributed by atoms with Crippen LogP contribution in [0.3, 0.4) is 0 Å². The van der Waals surface area contributed by atoms with Gasteiger partial charge in [0.1, 0.15) is 9.79 Å².